The zero-order valence-electron chi connectivity index (χ0n) is 15.9. The van der Waals surface area contributed by atoms with Gasteiger partial charge in [0, 0.05) is 19.7 Å². The quantitative estimate of drug-likeness (QED) is 0.498. The van der Waals surface area contributed by atoms with E-state index in [1.54, 1.807) is 0 Å². The highest BCUT2D eigenvalue weighted by Crippen LogP contribution is 2.34. The van der Waals surface area contributed by atoms with Gasteiger partial charge in [-0.05, 0) is 24.3 Å². The molecule has 1 aromatic carbocycles. The maximum Gasteiger partial charge on any atom is 0.387 e. The smallest absolute Gasteiger partial charge is 0.387 e. The molecule has 2 heterocycles. The molecule has 1 aliphatic heterocycles. The normalized spacial score (nSPS) is 14.8. The number of aromatic nitrogens is 1. The Kier molecular flexibility index (Phi) is 5.97. The zero-order valence-corrected chi connectivity index (χ0v) is 16.8. The average molecular weight is 425 g/mol. The minimum atomic E-state index is -2.99. The van der Waals surface area contributed by atoms with Crippen LogP contribution in [0.1, 0.15) is 10.4 Å². The van der Waals surface area contributed by atoms with E-state index in [1.807, 2.05) is 19.0 Å². The van der Waals surface area contributed by atoms with Crippen LogP contribution in [0.5, 0.6) is 17.4 Å². The maximum atomic E-state index is 12.5. The van der Waals surface area contributed by atoms with Crippen LogP contribution >= 0.6 is 11.3 Å². The Morgan fingerprint density at radius 3 is 2.59 bits per heavy atom. The molecule has 0 amide bonds. The summed E-state index contributed by atoms with van der Waals surface area (Å²) in [5.74, 6) is -0.373. The Labute approximate surface area is 169 Å². The number of nitrogens with zero attached hydrogens (tertiary/aromatic N) is 3. The molecular weight excluding hydrogens is 408 g/mol. The summed E-state index contributed by atoms with van der Waals surface area (Å²) in [6.45, 7) is -2.99. The molecule has 0 unspecified atom stereocenters. The van der Waals surface area contributed by atoms with Crippen LogP contribution in [0, 0.1) is 0 Å². The number of anilines is 1. The van der Waals surface area contributed by atoms with Crippen molar-refractivity contribution in [3.05, 3.63) is 34.3 Å². The molecule has 1 aliphatic rings. The average Bonchev–Trinajstić information content (AvgIpc) is 3.25. The molecule has 0 radical (unpaired) electrons. The van der Waals surface area contributed by atoms with Crippen LogP contribution in [0.2, 0.25) is 0 Å². The molecule has 29 heavy (non-hydrogen) atoms. The fourth-order valence-corrected chi connectivity index (χ4v) is 3.28. The first-order valence-electron chi connectivity index (χ1n) is 8.20. The number of carbonyl (C=O) groups excluding carboxylic acids is 1. The highest BCUT2D eigenvalue weighted by Gasteiger charge is 2.26. The van der Waals surface area contributed by atoms with Gasteiger partial charge in [-0.25, -0.2) is 9.79 Å². The first-order chi connectivity index (χ1) is 13.8. The lowest BCUT2D eigenvalue weighted by Crippen LogP contribution is -2.07. The summed E-state index contributed by atoms with van der Waals surface area (Å²) in [5.41, 5.74) is 0.421. The molecule has 2 aromatic rings. The van der Waals surface area contributed by atoms with E-state index in [9.17, 15) is 13.6 Å². The van der Waals surface area contributed by atoms with E-state index in [4.69, 9.17) is 14.2 Å². The molecule has 0 saturated heterocycles. The van der Waals surface area contributed by atoms with Crippen LogP contribution in [0.4, 0.5) is 13.9 Å². The third-order valence-electron chi connectivity index (χ3n) is 3.70. The number of hydrogen-bond donors (Lipinski definition) is 0. The molecule has 0 saturated carbocycles. The van der Waals surface area contributed by atoms with Crippen LogP contribution in [-0.4, -0.2) is 51.8 Å². The summed E-state index contributed by atoms with van der Waals surface area (Å²) in [6, 6.07) is 4.12. The fourth-order valence-electron chi connectivity index (χ4n) is 2.39. The Balaban J connectivity index is 1.93. The van der Waals surface area contributed by atoms with E-state index < -0.39 is 12.6 Å². The molecule has 8 nitrogen and oxygen atoms in total. The number of alkyl halides is 2. The molecule has 0 fully saturated rings. The Bertz CT molecular complexity index is 988. The molecule has 11 heteroatoms. The topological polar surface area (TPSA) is 82.5 Å². The first-order valence-corrected chi connectivity index (χ1v) is 9.02. The number of halogens is 2. The lowest BCUT2D eigenvalue weighted by molar-refractivity contribution is -0.129. The van der Waals surface area contributed by atoms with Crippen LogP contribution in [-0.2, 0) is 9.53 Å². The van der Waals surface area contributed by atoms with Crippen molar-refractivity contribution in [1.29, 1.82) is 0 Å². The number of ether oxygens (including phenoxy) is 4. The second kappa shape index (κ2) is 8.43. The summed E-state index contributed by atoms with van der Waals surface area (Å²) < 4.78 is 44.8. The minimum Gasteiger partial charge on any atom is -0.493 e. The third kappa shape index (κ3) is 4.45. The molecule has 0 spiro atoms. The number of benzene rings is 1. The van der Waals surface area contributed by atoms with E-state index in [2.05, 4.69) is 14.7 Å². The van der Waals surface area contributed by atoms with Gasteiger partial charge in [0.2, 0.25) is 11.8 Å². The summed E-state index contributed by atoms with van der Waals surface area (Å²) in [5, 5.41) is 0.698. The molecule has 0 atom stereocenters. The molecule has 0 aliphatic carbocycles. The Morgan fingerprint density at radius 2 is 1.97 bits per heavy atom. The summed E-state index contributed by atoms with van der Waals surface area (Å²) in [4.78, 5) is 23.2. The van der Waals surface area contributed by atoms with E-state index in [-0.39, 0.29) is 23.1 Å². The predicted molar refractivity (Wildman–Crippen MR) is 103 cm³/mol. The van der Waals surface area contributed by atoms with Gasteiger partial charge in [0.05, 0.1) is 19.1 Å². The second-order valence-corrected chi connectivity index (χ2v) is 6.85. The van der Waals surface area contributed by atoms with Crippen LogP contribution in [0.3, 0.4) is 0 Å². The number of cyclic esters (lactones) is 1. The molecule has 0 bridgehead atoms. The van der Waals surface area contributed by atoms with E-state index in [1.165, 1.54) is 49.8 Å². The van der Waals surface area contributed by atoms with Gasteiger partial charge in [-0.1, -0.05) is 11.3 Å². The van der Waals surface area contributed by atoms with E-state index in [0.29, 0.717) is 21.5 Å². The van der Waals surface area contributed by atoms with Gasteiger partial charge >= 0.3 is 12.6 Å². The van der Waals surface area contributed by atoms with E-state index in [0.717, 1.165) is 0 Å². The van der Waals surface area contributed by atoms with Crippen molar-refractivity contribution in [2.75, 3.05) is 33.2 Å². The number of esters is 1. The number of thiazole rings is 1. The molecule has 1 aromatic heterocycles. The van der Waals surface area contributed by atoms with Gasteiger partial charge in [0.25, 0.3) is 0 Å². The SMILES string of the molecule is COc1cc(C2=N/C(=C\c3sc(N(C)C)nc3OC)C(=O)O2)ccc1OC(F)F. The van der Waals surface area contributed by atoms with Crippen molar-refractivity contribution in [2.45, 2.75) is 6.61 Å². The van der Waals surface area contributed by atoms with Crippen LogP contribution in [0.15, 0.2) is 28.9 Å². The first kappa shape index (κ1) is 20.5. The van der Waals surface area contributed by atoms with Gasteiger partial charge in [-0.2, -0.15) is 13.8 Å². The van der Waals surface area contributed by atoms with Gasteiger partial charge in [-0.3, -0.25) is 0 Å². The van der Waals surface area contributed by atoms with Gasteiger partial charge < -0.3 is 23.8 Å². The number of rotatable bonds is 7. The van der Waals surface area contributed by atoms with E-state index >= 15 is 0 Å². The highest BCUT2D eigenvalue weighted by molar-refractivity contribution is 7.16. The standard InChI is InChI=1S/C18H17F2N3O5S/c1-23(2)18-22-15(26-4)13(29-18)8-10-16(24)28-14(21-10)9-5-6-11(27-17(19)20)12(7-9)25-3/h5-8,17H,1-4H3/b10-8-. The molecule has 3 rings (SSSR count). The Morgan fingerprint density at radius 1 is 1.21 bits per heavy atom. The largest absolute Gasteiger partial charge is 0.493 e. The second-order valence-electron chi connectivity index (χ2n) is 5.84. The fraction of sp³-hybridized carbons (Fsp3) is 0.278. The molecule has 154 valence electrons. The van der Waals surface area contributed by atoms with Crippen LogP contribution in [0.25, 0.3) is 6.08 Å². The third-order valence-corrected chi connectivity index (χ3v) is 4.85. The van der Waals surface area contributed by atoms with Crippen LogP contribution < -0.4 is 19.1 Å². The number of hydrogen-bond acceptors (Lipinski definition) is 9. The highest BCUT2D eigenvalue weighted by atomic mass is 32.1. The van der Waals surface area contributed by atoms with Crippen molar-refractivity contribution in [2.24, 2.45) is 4.99 Å². The van der Waals surface area contributed by atoms with Crippen molar-refractivity contribution in [3.8, 4) is 17.4 Å². The van der Waals surface area contributed by atoms with Crippen molar-refractivity contribution < 1.29 is 32.5 Å². The van der Waals surface area contributed by atoms with Gasteiger partial charge in [-0.15, -0.1) is 0 Å². The molecular formula is C18H17F2N3O5S. The van der Waals surface area contributed by atoms with Crippen molar-refractivity contribution in [3.63, 3.8) is 0 Å². The van der Waals surface area contributed by atoms with Gasteiger partial charge in [0.15, 0.2) is 22.3 Å². The minimum absolute atomic E-state index is 0.0134. The summed E-state index contributed by atoms with van der Waals surface area (Å²) in [7, 11) is 6.46. The van der Waals surface area contributed by atoms with Gasteiger partial charge in [0.1, 0.15) is 0 Å². The van der Waals surface area contributed by atoms with Crippen molar-refractivity contribution in [1.82, 2.24) is 4.98 Å². The monoisotopic (exact) mass is 425 g/mol. The Hall–Kier alpha value is -3.21. The number of carbonyl (C=O) groups is 1. The predicted octanol–water partition coefficient (Wildman–Crippen LogP) is 3.17. The number of methoxy groups -OCH3 is 2. The lowest BCUT2D eigenvalue weighted by Gasteiger charge is -2.10. The zero-order chi connectivity index (χ0) is 21.1. The van der Waals surface area contributed by atoms with Crippen molar-refractivity contribution >= 4 is 34.4 Å². The lowest BCUT2D eigenvalue weighted by atomic mass is 10.2. The summed E-state index contributed by atoms with van der Waals surface area (Å²) in [6.07, 6.45) is 1.52. The number of aliphatic imine (C=N–C) groups is 1. The summed E-state index contributed by atoms with van der Waals surface area (Å²) >= 11 is 1.32. The molecule has 0 N–H and O–H groups in total. The maximum absolute atomic E-state index is 12.5.